The summed E-state index contributed by atoms with van der Waals surface area (Å²) in [4.78, 5) is 11.0. The first-order valence-corrected chi connectivity index (χ1v) is 6.89. The highest BCUT2D eigenvalue weighted by Gasteiger charge is 2.37. The topological polar surface area (TPSA) is 93.6 Å². The largest absolute Gasteiger partial charge is 0.354 e. The van der Waals surface area contributed by atoms with E-state index in [0.29, 0.717) is 0 Å². The molecule has 0 unspecified atom stereocenters. The average Bonchev–Trinajstić information content (AvgIpc) is 2.79. The average molecular weight is 285 g/mol. The van der Waals surface area contributed by atoms with E-state index < -0.39 is 0 Å². The number of aromatic amines is 1. The van der Waals surface area contributed by atoms with E-state index in [9.17, 15) is 0 Å². The Labute approximate surface area is 123 Å². The van der Waals surface area contributed by atoms with Crippen LogP contribution in [0.2, 0.25) is 0 Å². The number of aromatic nitrogens is 4. The summed E-state index contributed by atoms with van der Waals surface area (Å²) in [7, 11) is 0. The van der Waals surface area contributed by atoms with Gasteiger partial charge in [-0.25, -0.2) is 9.97 Å². The third-order valence-corrected chi connectivity index (χ3v) is 3.57. The predicted molar refractivity (Wildman–Crippen MR) is 82.5 cm³/mol. The van der Waals surface area contributed by atoms with Gasteiger partial charge in [-0.05, 0) is 13.8 Å². The lowest BCUT2D eigenvalue weighted by atomic mass is 9.83. The van der Waals surface area contributed by atoms with E-state index in [1.807, 2.05) is 26.0 Å². The van der Waals surface area contributed by atoms with Crippen LogP contribution in [-0.2, 0) is 0 Å². The van der Waals surface area contributed by atoms with Crippen molar-refractivity contribution in [1.82, 2.24) is 20.2 Å². The van der Waals surface area contributed by atoms with Gasteiger partial charge in [0.1, 0.15) is 23.3 Å². The third kappa shape index (κ3) is 2.72. The molecule has 3 rings (SSSR count). The summed E-state index contributed by atoms with van der Waals surface area (Å²) in [6.45, 7) is 7.52. The Bertz CT molecular complexity index is 670. The maximum atomic E-state index is 7.44. The van der Waals surface area contributed by atoms with E-state index in [2.05, 4.69) is 37.3 Å². The molecule has 1 aliphatic heterocycles. The van der Waals surface area contributed by atoms with Crippen LogP contribution in [-0.4, -0.2) is 39.5 Å². The van der Waals surface area contributed by atoms with Crippen molar-refractivity contribution >= 4 is 23.7 Å². The monoisotopic (exact) mass is 285 g/mol. The van der Waals surface area contributed by atoms with Crippen molar-refractivity contribution in [2.24, 2.45) is 5.41 Å². The van der Waals surface area contributed by atoms with Gasteiger partial charge >= 0.3 is 0 Å². The summed E-state index contributed by atoms with van der Waals surface area (Å²) in [5, 5.41) is 17.6. The van der Waals surface area contributed by atoms with Crippen LogP contribution >= 0.6 is 0 Å². The zero-order valence-corrected chi connectivity index (χ0v) is 12.4. The van der Waals surface area contributed by atoms with E-state index >= 15 is 0 Å². The molecule has 21 heavy (non-hydrogen) atoms. The Balaban J connectivity index is 1.79. The normalized spacial score (nSPS) is 16.4. The molecule has 0 saturated carbocycles. The van der Waals surface area contributed by atoms with Gasteiger partial charge in [-0.1, -0.05) is 6.92 Å². The Morgan fingerprint density at radius 2 is 2.10 bits per heavy atom. The van der Waals surface area contributed by atoms with E-state index in [0.717, 1.165) is 42.1 Å². The van der Waals surface area contributed by atoms with Crippen LogP contribution in [0.5, 0.6) is 0 Å². The summed E-state index contributed by atoms with van der Waals surface area (Å²) < 4.78 is 0. The quantitative estimate of drug-likeness (QED) is 0.747. The molecule has 0 aromatic carbocycles. The molecule has 0 radical (unpaired) electrons. The molecule has 0 amide bonds. The van der Waals surface area contributed by atoms with E-state index in [-0.39, 0.29) is 5.41 Å². The molecule has 110 valence electrons. The van der Waals surface area contributed by atoms with Gasteiger partial charge in [-0.3, -0.25) is 5.10 Å². The molecule has 0 atom stereocenters. The van der Waals surface area contributed by atoms with Crippen molar-refractivity contribution in [2.75, 3.05) is 23.3 Å². The second-order valence-electron chi connectivity index (χ2n) is 5.86. The highest BCUT2D eigenvalue weighted by atomic mass is 15.3. The van der Waals surface area contributed by atoms with Gasteiger partial charge in [-0.2, -0.15) is 5.10 Å². The number of anilines is 3. The number of rotatable bonds is 4. The number of aryl methyl sites for hydroxylation is 2. The molecule has 3 heterocycles. The third-order valence-electron chi connectivity index (χ3n) is 3.57. The van der Waals surface area contributed by atoms with Crippen molar-refractivity contribution in [3.05, 3.63) is 23.7 Å². The molecule has 0 spiro atoms. The molecule has 0 bridgehead atoms. The Morgan fingerprint density at radius 1 is 1.33 bits per heavy atom. The van der Waals surface area contributed by atoms with Crippen molar-refractivity contribution < 1.29 is 0 Å². The Kier molecular flexibility index (Phi) is 3.12. The van der Waals surface area contributed by atoms with Gasteiger partial charge < -0.3 is 15.6 Å². The zero-order valence-electron chi connectivity index (χ0n) is 12.4. The summed E-state index contributed by atoms with van der Waals surface area (Å²) in [5.41, 5.74) is 0.889. The fourth-order valence-electron chi connectivity index (χ4n) is 2.48. The first-order chi connectivity index (χ1) is 9.97. The molecule has 2 aromatic rings. The van der Waals surface area contributed by atoms with E-state index in [4.69, 9.17) is 5.41 Å². The fraction of sp³-hybridized carbons (Fsp3) is 0.429. The van der Waals surface area contributed by atoms with Gasteiger partial charge in [0.05, 0.1) is 5.69 Å². The van der Waals surface area contributed by atoms with Crippen molar-refractivity contribution in [3.8, 4) is 0 Å². The first-order valence-electron chi connectivity index (χ1n) is 6.89. The van der Waals surface area contributed by atoms with Crippen LogP contribution in [0.1, 0.15) is 18.4 Å². The highest BCUT2D eigenvalue weighted by molar-refractivity contribution is 5.69. The molecule has 7 nitrogen and oxygen atoms in total. The Hall–Kier alpha value is -2.44. The van der Waals surface area contributed by atoms with Crippen LogP contribution < -0.4 is 10.2 Å². The summed E-state index contributed by atoms with van der Waals surface area (Å²) >= 11 is 0. The molecule has 1 fully saturated rings. The van der Waals surface area contributed by atoms with Crippen molar-refractivity contribution in [3.63, 3.8) is 0 Å². The van der Waals surface area contributed by atoms with Gasteiger partial charge in [0.2, 0.25) is 0 Å². The molecule has 3 N–H and O–H groups in total. The van der Waals surface area contributed by atoms with Crippen LogP contribution in [0.25, 0.3) is 0 Å². The van der Waals surface area contributed by atoms with Crippen molar-refractivity contribution in [1.29, 1.82) is 5.41 Å². The summed E-state index contributed by atoms with van der Waals surface area (Å²) in [6.07, 6.45) is 1.52. The Morgan fingerprint density at radius 3 is 2.71 bits per heavy atom. The first kappa shape index (κ1) is 13.5. The lowest BCUT2D eigenvalue weighted by molar-refractivity contribution is 0.360. The molecular formula is C14H19N7. The molecule has 7 heteroatoms. The van der Waals surface area contributed by atoms with Crippen molar-refractivity contribution in [2.45, 2.75) is 20.8 Å². The van der Waals surface area contributed by atoms with Crippen LogP contribution in [0.4, 0.5) is 17.5 Å². The number of nitrogens with zero attached hydrogens (tertiary/aromatic N) is 4. The molecular weight excluding hydrogens is 266 g/mol. The predicted octanol–water partition coefficient (Wildman–Crippen LogP) is 2.04. The minimum atomic E-state index is -0.0348. The second-order valence-corrected chi connectivity index (χ2v) is 5.86. The number of hydrogen-bond acceptors (Lipinski definition) is 6. The summed E-state index contributed by atoms with van der Waals surface area (Å²) in [6, 6.07) is 3.85. The molecule has 0 aliphatic carbocycles. The smallest absolute Gasteiger partial charge is 0.137 e. The lowest BCUT2D eigenvalue weighted by Crippen LogP contribution is -2.56. The van der Waals surface area contributed by atoms with Crippen LogP contribution in [0, 0.1) is 24.7 Å². The standard InChI is InChI=1S/C14H19N7/c1-9-4-12(20-19-9)18-11-5-13(17-10(2)16-11)21-7-14(3,6-15)8-21/h4-6,15H,7-8H2,1-3H3,(H2,16,17,18,19,20). The fourth-order valence-corrected chi connectivity index (χ4v) is 2.48. The maximum absolute atomic E-state index is 7.44. The molecule has 1 aliphatic rings. The highest BCUT2D eigenvalue weighted by Crippen LogP contribution is 2.32. The van der Waals surface area contributed by atoms with Gasteiger partial charge in [0, 0.05) is 36.9 Å². The van der Waals surface area contributed by atoms with E-state index in [1.54, 1.807) is 0 Å². The SMILES string of the molecule is Cc1cc(Nc2cc(N3CC(C)(C=N)C3)nc(C)n2)[nH]n1. The van der Waals surface area contributed by atoms with Crippen LogP contribution in [0.15, 0.2) is 12.1 Å². The molecule has 1 saturated heterocycles. The van der Waals surface area contributed by atoms with Gasteiger partial charge in [0.15, 0.2) is 0 Å². The molecule has 2 aromatic heterocycles. The number of hydrogen-bond donors (Lipinski definition) is 3. The number of H-pyrrole nitrogens is 1. The summed E-state index contributed by atoms with van der Waals surface area (Å²) in [5.74, 6) is 3.16. The van der Waals surface area contributed by atoms with Gasteiger partial charge in [0.25, 0.3) is 0 Å². The number of nitrogens with one attached hydrogen (secondary N) is 3. The lowest BCUT2D eigenvalue weighted by Gasteiger charge is -2.46. The minimum Gasteiger partial charge on any atom is -0.354 e. The second kappa shape index (κ2) is 4.83. The van der Waals surface area contributed by atoms with E-state index in [1.165, 1.54) is 6.21 Å². The zero-order chi connectivity index (χ0) is 15.0. The minimum absolute atomic E-state index is 0.0348. The van der Waals surface area contributed by atoms with Gasteiger partial charge in [-0.15, -0.1) is 0 Å². The van der Waals surface area contributed by atoms with Crippen LogP contribution in [0.3, 0.4) is 0 Å². The maximum Gasteiger partial charge on any atom is 0.137 e.